The summed E-state index contributed by atoms with van der Waals surface area (Å²) in [5, 5.41) is 5.95. The van der Waals surface area contributed by atoms with E-state index in [0.717, 1.165) is 49.0 Å². The van der Waals surface area contributed by atoms with E-state index in [1.807, 2.05) is 6.92 Å². The summed E-state index contributed by atoms with van der Waals surface area (Å²) in [7, 11) is 0. The molecule has 0 aromatic heterocycles. The lowest BCUT2D eigenvalue weighted by Crippen LogP contribution is -2.51. The minimum absolute atomic E-state index is 0.160. The summed E-state index contributed by atoms with van der Waals surface area (Å²) in [5.41, 5.74) is 3.13. The fraction of sp³-hybridized carbons (Fsp3) is 0.609. The van der Waals surface area contributed by atoms with Crippen LogP contribution in [0.5, 0.6) is 0 Å². The molecule has 3 aliphatic carbocycles. The van der Waals surface area contributed by atoms with Crippen molar-refractivity contribution in [3.63, 3.8) is 0 Å². The molecular formula is C23H29N3O3. The molecule has 1 heterocycles. The third-order valence-electron chi connectivity index (χ3n) is 7.15. The molecule has 4 amide bonds. The average molecular weight is 396 g/mol. The molecule has 1 saturated heterocycles. The van der Waals surface area contributed by atoms with Gasteiger partial charge in [0.1, 0.15) is 12.1 Å². The monoisotopic (exact) mass is 395 g/mol. The summed E-state index contributed by atoms with van der Waals surface area (Å²) in [6.07, 6.45) is 8.62. The van der Waals surface area contributed by atoms with Crippen LogP contribution in [0.15, 0.2) is 18.2 Å². The highest BCUT2D eigenvalue weighted by Gasteiger charge is 2.65. The smallest absolute Gasteiger partial charge is 0.325 e. The second kappa shape index (κ2) is 6.85. The lowest BCUT2D eigenvalue weighted by Gasteiger charge is -2.26. The zero-order valence-electron chi connectivity index (χ0n) is 17.0. The SMILES string of the molecule is CC(NC(=O)CN1C(=O)NC(C2CC2)(C2CC2)C1=O)c1ccc2c(c1)CCCC2. The van der Waals surface area contributed by atoms with E-state index in [9.17, 15) is 14.4 Å². The number of hydrogen-bond acceptors (Lipinski definition) is 3. The third-order valence-corrected chi connectivity index (χ3v) is 7.15. The Labute approximate surface area is 171 Å². The van der Waals surface area contributed by atoms with Gasteiger partial charge < -0.3 is 10.6 Å². The summed E-state index contributed by atoms with van der Waals surface area (Å²) in [6, 6.07) is 5.87. The predicted molar refractivity (Wildman–Crippen MR) is 108 cm³/mol. The van der Waals surface area contributed by atoms with Crippen LogP contribution in [0.4, 0.5) is 4.79 Å². The van der Waals surface area contributed by atoms with Gasteiger partial charge in [-0.2, -0.15) is 0 Å². The van der Waals surface area contributed by atoms with E-state index in [-0.39, 0.29) is 36.2 Å². The van der Waals surface area contributed by atoms with E-state index >= 15 is 0 Å². The summed E-state index contributed by atoms with van der Waals surface area (Å²) in [5.74, 6) is 0.00746. The molecule has 5 rings (SSSR count). The van der Waals surface area contributed by atoms with Crippen LogP contribution in [0.3, 0.4) is 0 Å². The van der Waals surface area contributed by atoms with Crippen molar-refractivity contribution in [3.05, 3.63) is 34.9 Å². The van der Waals surface area contributed by atoms with E-state index in [0.29, 0.717) is 0 Å². The van der Waals surface area contributed by atoms with Gasteiger partial charge in [-0.15, -0.1) is 0 Å². The number of urea groups is 1. The van der Waals surface area contributed by atoms with Crippen molar-refractivity contribution in [2.75, 3.05) is 6.54 Å². The van der Waals surface area contributed by atoms with Gasteiger partial charge in [-0.1, -0.05) is 18.2 Å². The fourth-order valence-electron chi connectivity index (χ4n) is 5.26. The van der Waals surface area contributed by atoms with Crippen molar-refractivity contribution in [1.82, 2.24) is 15.5 Å². The third kappa shape index (κ3) is 3.22. The summed E-state index contributed by atoms with van der Waals surface area (Å²) in [6.45, 7) is 1.74. The summed E-state index contributed by atoms with van der Waals surface area (Å²) in [4.78, 5) is 39.4. The Balaban J connectivity index is 1.25. The number of amides is 4. The largest absolute Gasteiger partial charge is 0.348 e. The van der Waals surface area contributed by atoms with Gasteiger partial charge in [0.15, 0.2) is 0 Å². The van der Waals surface area contributed by atoms with Gasteiger partial charge in [-0.25, -0.2) is 4.79 Å². The lowest BCUT2D eigenvalue weighted by atomic mass is 9.87. The van der Waals surface area contributed by atoms with E-state index in [4.69, 9.17) is 0 Å². The molecule has 0 bridgehead atoms. The van der Waals surface area contributed by atoms with Crippen LogP contribution in [-0.2, 0) is 22.4 Å². The van der Waals surface area contributed by atoms with Gasteiger partial charge in [0.2, 0.25) is 5.91 Å². The van der Waals surface area contributed by atoms with Crippen LogP contribution in [0.1, 0.15) is 68.2 Å². The number of fused-ring (bicyclic) bond motifs is 1. The minimum atomic E-state index is -0.735. The second-order valence-electron chi connectivity index (χ2n) is 9.26. The number of benzene rings is 1. The second-order valence-corrected chi connectivity index (χ2v) is 9.26. The molecule has 1 aromatic rings. The first-order valence-corrected chi connectivity index (χ1v) is 11.0. The maximum atomic E-state index is 13.1. The summed E-state index contributed by atoms with van der Waals surface area (Å²) < 4.78 is 0. The van der Waals surface area contributed by atoms with Crippen LogP contribution in [0.2, 0.25) is 0 Å². The van der Waals surface area contributed by atoms with Crippen molar-refractivity contribution >= 4 is 17.8 Å². The highest BCUT2D eigenvalue weighted by atomic mass is 16.2. The van der Waals surface area contributed by atoms with Crippen molar-refractivity contribution in [2.45, 2.75) is 69.9 Å². The van der Waals surface area contributed by atoms with Crippen molar-refractivity contribution in [2.24, 2.45) is 11.8 Å². The number of nitrogens with one attached hydrogen (secondary N) is 2. The van der Waals surface area contributed by atoms with Crippen LogP contribution in [0, 0.1) is 11.8 Å². The molecule has 1 aromatic carbocycles. The van der Waals surface area contributed by atoms with Crippen molar-refractivity contribution in [3.8, 4) is 0 Å². The van der Waals surface area contributed by atoms with Gasteiger partial charge in [0, 0.05) is 0 Å². The van der Waals surface area contributed by atoms with Gasteiger partial charge in [0.25, 0.3) is 5.91 Å². The molecule has 2 saturated carbocycles. The first kappa shape index (κ1) is 18.6. The molecule has 6 heteroatoms. The maximum absolute atomic E-state index is 13.1. The Morgan fingerprint density at radius 3 is 2.45 bits per heavy atom. The summed E-state index contributed by atoms with van der Waals surface area (Å²) >= 11 is 0. The molecule has 6 nitrogen and oxygen atoms in total. The first-order valence-electron chi connectivity index (χ1n) is 11.0. The molecule has 1 aliphatic heterocycles. The van der Waals surface area contributed by atoms with Gasteiger partial charge in [0.05, 0.1) is 6.04 Å². The zero-order chi connectivity index (χ0) is 20.2. The van der Waals surface area contributed by atoms with Crippen molar-refractivity contribution in [1.29, 1.82) is 0 Å². The Bertz CT molecular complexity index is 860. The quantitative estimate of drug-likeness (QED) is 0.727. The number of nitrogens with zero attached hydrogens (tertiary/aromatic N) is 1. The molecule has 154 valence electrons. The Kier molecular flexibility index (Phi) is 4.41. The standard InChI is InChI=1S/C23H29N3O3/c1-14(16-7-6-15-4-2-3-5-17(15)12-16)24-20(27)13-26-21(28)23(18-8-9-18,19-10-11-19)25-22(26)29/h6-7,12,14,18-19H,2-5,8-11,13H2,1H3,(H,24,27)(H,25,29). The minimum Gasteiger partial charge on any atom is -0.348 e. The van der Waals surface area contributed by atoms with Crippen LogP contribution < -0.4 is 10.6 Å². The topological polar surface area (TPSA) is 78.5 Å². The molecule has 0 radical (unpaired) electrons. The van der Waals surface area contributed by atoms with E-state index in [2.05, 4.69) is 28.8 Å². The molecule has 0 spiro atoms. The Morgan fingerprint density at radius 2 is 1.79 bits per heavy atom. The molecule has 4 aliphatic rings. The van der Waals surface area contributed by atoms with E-state index in [1.165, 1.54) is 24.0 Å². The fourth-order valence-corrected chi connectivity index (χ4v) is 5.26. The molecule has 3 fully saturated rings. The number of hydrogen-bond donors (Lipinski definition) is 2. The number of aryl methyl sites for hydroxylation is 2. The van der Waals surface area contributed by atoms with Crippen LogP contribution >= 0.6 is 0 Å². The Morgan fingerprint density at radius 1 is 1.14 bits per heavy atom. The molecular weight excluding hydrogens is 366 g/mol. The number of carbonyl (C=O) groups excluding carboxylic acids is 3. The first-order chi connectivity index (χ1) is 14.0. The van der Waals surface area contributed by atoms with Crippen LogP contribution in [-0.4, -0.2) is 34.8 Å². The number of imide groups is 1. The highest BCUT2D eigenvalue weighted by molar-refractivity contribution is 6.09. The number of rotatable bonds is 6. The average Bonchev–Trinajstić information content (AvgIpc) is 3.62. The highest BCUT2D eigenvalue weighted by Crippen LogP contribution is 2.54. The van der Waals surface area contributed by atoms with Gasteiger partial charge in [-0.05, 0) is 86.8 Å². The van der Waals surface area contributed by atoms with Crippen molar-refractivity contribution < 1.29 is 14.4 Å². The molecule has 29 heavy (non-hydrogen) atoms. The zero-order valence-corrected chi connectivity index (χ0v) is 17.0. The lowest BCUT2D eigenvalue weighted by molar-refractivity contribution is -0.136. The molecule has 1 unspecified atom stereocenters. The van der Waals surface area contributed by atoms with E-state index in [1.54, 1.807) is 0 Å². The van der Waals surface area contributed by atoms with Crippen LogP contribution in [0.25, 0.3) is 0 Å². The van der Waals surface area contributed by atoms with Gasteiger partial charge >= 0.3 is 6.03 Å². The molecule has 1 atom stereocenters. The maximum Gasteiger partial charge on any atom is 0.325 e. The Hall–Kier alpha value is -2.37. The molecule has 2 N–H and O–H groups in total. The number of carbonyl (C=O) groups is 3. The van der Waals surface area contributed by atoms with Gasteiger partial charge in [-0.3, -0.25) is 14.5 Å². The normalized spacial score (nSPS) is 24.1. The van der Waals surface area contributed by atoms with E-state index < -0.39 is 11.6 Å². The predicted octanol–water partition coefficient (Wildman–Crippen LogP) is 2.85.